The smallest absolute Gasteiger partial charge is 0.194 e. The van der Waals surface area contributed by atoms with Gasteiger partial charge >= 0.3 is 0 Å². The fourth-order valence-corrected chi connectivity index (χ4v) is 5.42. The zero-order chi connectivity index (χ0) is 20.2. The molecule has 0 aromatic carbocycles. The molecule has 166 valence electrons. The molecule has 7 nitrogen and oxygen atoms in total. The molecule has 29 heavy (non-hydrogen) atoms. The predicted octanol–water partition coefficient (Wildman–Crippen LogP) is 2.38. The van der Waals surface area contributed by atoms with Gasteiger partial charge in [0.25, 0.3) is 0 Å². The maximum absolute atomic E-state index is 12.4. The molecule has 0 saturated carbocycles. The molecule has 0 spiro atoms. The van der Waals surface area contributed by atoms with Crippen LogP contribution >= 0.6 is 24.0 Å². The normalized spacial score (nSPS) is 24.3. The zero-order valence-corrected chi connectivity index (χ0v) is 20.9. The predicted molar refractivity (Wildman–Crippen MR) is 128 cm³/mol. The summed E-state index contributed by atoms with van der Waals surface area (Å²) in [5.41, 5.74) is 0. The first-order chi connectivity index (χ1) is 13.3. The first kappa shape index (κ1) is 24.5. The molecule has 3 rings (SSSR count). The summed E-state index contributed by atoms with van der Waals surface area (Å²) in [4.78, 5) is 9.51. The molecular formula is C20H35IN4O3S. The Morgan fingerprint density at radius 3 is 2.83 bits per heavy atom. The molecule has 1 aromatic heterocycles. The van der Waals surface area contributed by atoms with Crippen molar-refractivity contribution in [2.75, 3.05) is 45.0 Å². The topological polar surface area (TPSA) is 78.2 Å². The second-order valence-corrected chi connectivity index (χ2v) is 11.1. The molecule has 0 amide bonds. The van der Waals surface area contributed by atoms with E-state index in [1.807, 2.05) is 26.0 Å². The van der Waals surface area contributed by atoms with Crippen LogP contribution in [0.25, 0.3) is 0 Å². The van der Waals surface area contributed by atoms with Crippen LogP contribution in [0.4, 0.5) is 0 Å². The standard InChI is InChI=1S/C20H34N4O3S.HI/c1-4-23-11-5-7-17(23)15-22-19(21-10-9-18-8-6-13-27-18)24-12-14-28(25,26)20(2,3)16-24;/h6,8,13,17H,4-5,7,9-12,14-16H2,1-3H3,(H,21,22);1H. The number of aliphatic imine (C=N–C) groups is 1. The fraction of sp³-hybridized carbons (Fsp3) is 0.750. The van der Waals surface area contributed by atoms with Crippen LogP contribution in [-0.4, -0.2) is 80.0 Å². The van der Waals surface area contributed by atoms with E-state index < -0.39 is 14.6 Å². The molecule has 0 radical (unpaired) electrons. The van der Waals surface area contributed by atoms with Gasteiger partial charge in [-0.05, 0) is 51.9 Å². The average Bonchev–Trinajstić information content (AvgIpc) is 3.31. The highest BCUT2D eigenvalue weighted by Crippen LogP contribution is 2.24. The number of furan rings is 1. The van der Waals surface area contributed by atoms with Gasteiger partial charge < -0.3 is 14.6 Å². The molecule has 1 unspecified atom stereocenters. The molecule has 1 atom stereocenters. The van der Waals surface area contributed by atoms with Gasteiger partial charge in [-0.3, -0.25) is 9.89 Å². The number of hydrogen-bond acceptors (Lipinski definition) is 5. The summed E-state index contributed by atoms with van der Waals surface area (Å²) in [6.07, 6.45) is 4.86. The van der Waals surface area contributed by atoms with Crippen molar-refractivity contribution < 1.29 is 12.8 Å². The Morgan fingerprint density at radius 2 is 2.17 bits per heavy atom. The molecule has 1 N–H and O–H groups in total. The van der Waals surface area contributed by atoms with Crippen LogP contribution in [-0.2, 0) is 16.3 Å². The summed E-state index contributed by atoms with van der Waals surface area (Å²) < 4.78 is 29.4. The van der Waals surface area contributed by atoms with Crippen LogP contribution in [0, 0.1) is 0 Å². The van der Waals surface area contributed by atoms with E-state index in [4.69, 9.17) is 9.41 Å². The minimum Gasteiger partial charge on any atom is -0.469 e. The zero-order valence-electron chi connectivity index (χ0n) is 17.8. The molecule has 2 aliphatic rings. The van der Waals surface area contributed by atoms with E-state index >= 15 is 0 Å². The van der Waals surface area contributed by atoms with Crippen molar-refractivity contribution in [1.82, 2.24) is 15.1 Å². The lowest BCUT2D eigenvalue weighted by molar-refractivity contribution is 0.271. The number of hydrogen-bond donors (Lipinski definition) is 1. The van der Waals surface area contributed by atoms with Crippen LogP contribution in [0.1, 0.15) is 39.4 Å². The minimum absolute atomic E-state index is 0. The monoisotopic (exact) mass is 538 g/mol. The average molecular weight is 538 g/mol. The number of sulfone groups is 1. The Bertz CT molecular complexity index is 765. The second kappa shape index (κ2) is 10.5. The maximum Gasteiger partial charge on any atom is 0.194 e. The molecule has 0 aliphatic carbocycles. The SMILES string of the molecule is CCN1CCCC1CN=C(NCCc1ccco1)N1CCS(=O)(=O)C(C)(C)C1.I. The molecular weight excluding hydrogens is 503 g/mol. The third-order valence-electron chi connectivity index (χ3n) is 5.93. The summed E-state index contributed by atoms with van der Waals surface area (Å²) >= 11 is 0. The highest BCUT2D eigenvalue weighted by atomic mass is 127. The van der Waals surface area contributed by atoms with Crippen molar-refractivity contribution >= 4 is 39.8 Å². The Morgan fingerprint density at radius 1 is 1.38 bits per heavy atom. The van der Waals surface area contributed by atoms with E-state index in [1.54, 1.807) is 6.26 Å². The Hall–Kier alpha value is -0.810. The van der Waals surface area contributed by atoms with Gasteiger partial charge in [-0.15, -0.1) is 24.0 Å². The highest BCUT2D eigenvalue weighted by Gasteiger charge is 2.41. The van der Waals surface area contributed by atoms with Crippen molar-refractivity contribution in [2.24, 2.45) is 4.99 Å². The van der Waals surface area contributed by atoms with Crippen molar-refractivity contribution in [1.29, 1.82) is 0 Å². The van der Waals surface area contributed by atoms with Crippen molar-refractivity contribution in [3.63, 3.8) is 0 Å². The number of rotatable bonds is 6. The van der Waals surface area contributed by atoms with E-state index in [0.29, 0.717) is 25.7 Å². The first-order valence-corrected chi connectivity index (χ1v) is 12.0. The fourth-order valence-electron chi connectivity index (χ4n) is 4.05. The molecule has 0 bridgehead atoms. The summed E-state index contributed by atoms with van der Waals surface area (Å²) in [5.74, 6) is 1.92. The number of nitrogens with one attached hydrogen (secondary N) is 1. The molecule has 1 aromatic rings. The maximum atomic E-state index is 12.4. The first-order valence-electron chi connectivity index (χ1n) is 10.3. The van der Waals surface area contributed by atoms with E-state index in [-0.39, 0.29) is 29.7 Å². The van der Waals surface area contributed by atoms with Crippen molar-refractivity contribution in [2.45, 2.75) is 50.8 Å². The Kier molecular flexibility index (Phi) is 8.84. The van der Waals surface area contributed by atoms with Crippen LogP contribution in [0.2, 0.25) is 0 Å². The van der Waals surface area contributed by atoms with Gasteiger partial charge in [0.1, 0.15) is 5.76 Å². The molecule has 2 saturated heterocycles. The van der Waals surface area contributed by atoms with Crippen LogP contribution in [0.5, 0.6) is 0 Å². The molecule has 9 heteroatoms. The quantitative estimate of drug-likeness (QED) is 0.341. The van der Waals surface area contributed by atoms with Gasteiger partial charge in [0.05, 0.1) is 23.3 Å². The number of nitrogens with zero attached hydrogens (tertiary/aromatic N) is 3. The van der Waals surface area contributed by atoms with E-state index in [9.17, 15) is 8.42 Å². The highest BCUT2D eigenvalue weighted by molar-refractivity contribution is 14.0. The summed E-state index contributed by atoms with van der Waals surface area (Å²) in [6, 6.07) is 4.34. The molecule has 3 heterocycles. The molecule has 2 fully saturated rings. The lowest BCUT2D eigenvalue weighted by Gasteiger charge is -2.39. The summed E-state index contributed by atoms with van der Waals surface area (Å²) in [7, 11) is -3.07. The summed E-state index contributed by atoms with van der Waals surface area (Å²) in [5, 5.41) is 3.45. The third-order valence-corrected chi connectivity index (χ3v) is 8.47. The molecule has 2 aliphatic heterocycles. The van der Waals surface area contributed by atoms with Gasteiger partial charge in [0.15, 0.2) is 15.8 Å². The number of halogens is 1. The minimum atomic E-state index is -3.07. The van der Waals surface area contributed by atoms with Crippen molar-refractivity contribution in [3.8, 4) is 0 Å². The van der Waals surface area contributed by atoms with Crippen LogP contribution < -0.4 is 5.32 Å². The lowest BCUT2D eigenvalue weighted by atomic mass is 10.2. The van der Waals surface area contributed by atoms with Gasteiger partial charge in [0.2, 0.25) is 0 Å². The van der Waals surface area contributed by atoms with Crippen LogP contribution in [0.3, 0.4) is 0 Å². The van der Waals surface area contributed by atoms with E-state index in [1.165, 1.54) is 12.8 Å². The Balaban J connectivity index is 0.00000300. The number of likely N-dealkylation sites (tertiary alicyclic amines) is 1. The lowest BCUT2D eigenvalue weighted by Crippen LogP contribution is -2.57. The van der Waals surface area contributed by atoms with E-state index in [0.717, 1.165) is 37.8 Å². The van der Waals surface area contributed by atoms with Crippen molar-refractivity contribution in [3.05, 3.63) is 24.2 Å². The second-order valence-electron chi connectivity index (χ2n) is 8.35. The number of guanidine groups is 1. The van der Waals surface area contributed by atoms with Crippen LogP contribution in [0.15, 0.2) is 27.8 Å². The van der Waals surface area contributed by atoms with E-state index in [2.05, 4.69) is 22.0 Å². The van der Waals surface area contributed by atoms with Gasteiger partial charge in [-0.25, -0.2) is 8.42 Å². The summed E-state index contributed by atoms with van der Waals surface area (Å²) in [6.45, 7) is 10.4. The largest absolute Gasteiger partial charge is 0.469 e. The number of likely N-dealkylation sites (N-methyl/N-ethyl adjacent to an activating group) is 1. The van der Waals surface area contributed by atoms with Gasteiger partial charge in [0, 0.05) is 32.1 Å². The third kappa shape index (κ3) is 6.10. The Labute approximate surface area is 192 Å². The van der Waals surface area contributed by atoms with Gasteiger partial charge in [-0.2, -0.15) is 0 Å². The van der Waals surface area contributed by atoms with Gasteiger partial charge in [-0.1, -0.05) is 6.92 Å².